The van der Waals surface area contributed by atoms with E-state index < -0.39 is 0 Å². The normalized spacial score (nSPS) is 10.5. The third-order valence-corrected chi connectivity index (χ3v) is 3.66. The summed E-state index contributed by atoms with van der Waals surface area (Å²) in [6, 6.07) is 8.08. The van der Waals surface area contributed by atoms with Crippen molar-refractivity contribution in [1.29, 1.82) is 0 Å². The molecule has 0 bridgehead atoms. The number of nitrogens with zero attached hydrogens (tertiary/aromatic N) is 1. The lowest BCUT2D eigenvalue weighted by Gasteiger charge is -2.21. The van der Waals surface area contributed by atoms with Crippen LogP contribution in [0.25, 0.3) is 0 Å². The van der Waals surface area contributed by atoms with Gasteiger partial charge in [-0.25, -0.2) is 0 Å². The van der Waals surface area contributed by atoms with Crippen molar-refractivity contribution in [2.24, 2.45) is 0 Å². The lowest BCUT2D eigenvalue weighted by atomic mass is 10.3. The number of amides is 1. The van der Waals surface area contributed by atoms with E-state index in [0.717, 1.165) is 10.6 Å². The van der Waals surface area contributed by atoms with E-state index in [2.05, 4.69) is 0 Å². The Bertz CT molecular complexity index is 376. The van der Waals surface area contributed by atoms with Crippen LogP contribution in [-0.4, -0.2) is 36.3 Å². The average molecular weight is 267 g/mol. The largest absolute Gasteiger partial charge is 0.494 e. The fourth-order valence-electron chi connectivity index (χ4n) is 1.33. The van der Waals surface area contributed by atoms with E-state index in [4.69, 9.17) is 4.74 Å². The molecule has 0 atom stereocenters. The molecular weight excluding hydrogens is 246 g/mol. The summed E-state index contributed by atoms with van der Waals surface area (Å²) in [6.07, 6.45) is 0. The zero-order valence-corrected chi connectivity index (χ0v) is 12.3. The highest BCUT2D eigenvalue weighted by atomic mass is 32.2. The Balaban J connectivity index is 2.46. The van der Waals surface area contributed by atoms with Crippen LogP contribution in [0.5, 0.6) is 5.75 Å². The van der Waals surface area contributed by atoms with Gasteiger partial charge in [0.25, 0.3) is 0 Å². The lowest BCUT2D eigenvalue weighted by molar-refractivity contribution is -0.128. The quantitative estimate of drug-likeness (QED) is 0.742. The Labute approximate surface area is 114 Å². The summed E-state index contributed by atoms with van der Waals surface area (Å²) in [7, 11) is 1.84. The van der Waals surface area contributed by atoms with Crippen molar-refractivity contribution < 1.29 is 9.53 Å². The van der Waals surface area contributed by atoms with Crippen LogP contribution in [0.4, 0.5) is 0 Å². The first-order valence-corrected chi connectivity index (χ1v) is 7.14. The smallest absolute Gasteiger partial charge is 0.232 e. The van der Waals surface area contributed by atoms with Gasteiger partial charge >= 0.3 is 0 Å². The molecule has 4 heteroatoms. The lowest BCUT2D eigenvalue weighted by Crippen LogP contribution is -2.34. The van der Waals surface area contributed by atoms with Gasteiger partial charge in [0.2, 0.25) is 5.91 Å². The molecule has 0 unspecified atom stereocenters. The molecule has 0 heterocycles. The molecule has 0 saturated heterocycles. The van der Waals surface area contributed by atoms with Crippen molar-refractivity contribution in [3.63, 3.8) is 0 Å². The summed E-state index contributed by atoms with van der Waals surface area (Å²) in [5, 5.41) is 0. The van der Waals surface area contributed by atoms with Gasteiger partial charge in [0.1, 0.15) is 5.75 Å². The summed E-state index contributed by atoms with van der Waals surface area (Å²) in [5.41, 5.74) is 0. The summed E-state index contributed by atoms with van der Waals surface area (Å²) in [4.78, 5) is 14.7. The van der Waals surface area contributed by atoms with E-state index in [1.54, 1.807) is 16.7 Å². The second-order valence-corrected chi connectivity index (χ2v) is 5.34. The maximum Gasteiger partial charge on any atom is 0.232 e. The summed E-state index contributed by atoms with van der Waals surface area (Å²) in [6.45, 7) is 6.66. The monoisotopic (exact) mass is 267 g/mol. The van der Waals surface area contributed by atoms with Crippen LogP contribution >= 0.6 is 11.8 Å². The summed E-state index contributed by atoms with van der Waals surface area (Å²) < 4.78 is 5.37. The molecule has 0 radical (unpaired) electrons. The van der Waals surface area contributed by atoms with Crippen LogP contribution in [0, 0.1) is 0 Å². The van der Waals surface area contributed by atoms with Crippen LogP contribution in [-0.2, 0) is 4.79 Å². The van der Waals surface area contributed by atoms with Gasteiger partial charge in [0.15, 0.2) is 0 Å². The molecule has 0 aliphatic carbocycles. The van der Waals surface area contributed by atoms with Crippen molar-refractivity contribution in [3.05, 3.63) is 24.3 Å². The fourth-order valence-corrected chi connectivity index (χ4v) is 2.16. The summed E-state index contributed by atoms with van der Waals surface area (Å²) in [5.74, 6) is 1.50. The van der Waals surface area contributed by atoms with Crippen molar-refractivity contribution in [1.82, 2.24) is 4.90 Å². The third kappa shape index (κ3) is 4.61. The number of carbonyl (C=O) groups is 1. The zero-order chi connectivity index (χ0) is 13.5. The number of hydrogen-bond acceptors (Lipinski definition) is 3. The van der Waals surface area contributed by atoms with Crippen LogP contribution in [0.3, 0.4) is 0 Å². The molecule has 1 aromatic carbocycles. The fraction of sp³-hybridized carbons (Fsp3) is 0.500. The van der Waals surface area contributed by atoms with E-state index in [0.29, 0.717) is 12.4 Å². The SMILES string of the molecule is CCOc1ccc(SCC(=O)N(C)C(C)C)cc1. The number of rotatable bonds is 6. The predicted octanol–water partition coefficient (Wildman–Crippen LogP) is 3.04. The van der Waals surface area contributed by atoms with Crippen molar-refractivity contribution in [2.75, 3.05) is 19.4 Å². The molecule has 0 spiro atoms. The highest BCUT2D eigenvalue weighted by Gasteiger charge is 2.11. The Hall–Kier alpha value is -1.16. The van der Waals surface area contributed by atoms with Gasteiger partial charge in [-0.05, 0) is 45.0 Å². The van der Waals surface area contributed by atoms with Crippen LogP contribution in [0.2, 0.25) is 0 Å². The van der Waals surface area contributed by atoms with Crippen LogP contribution in [0.1, 0.15) is 20.8 Å². The standard InChI is InChI=1S/C14H21NO2S/c1-5-17-12-6-8-13(9-7-12)18-10-14(16)15(4)11(2)3/h6-9,11H,5,10H2,1-4H3. The number of carbonyl (C=O) groups excluding carboxylic acids is 1. The molecule has 18 heavy (non-hydrogen) atoms. The van der Waals surface area contributed by atoms with Gasteiger partial charge in [0.05, 0.1) is 12.4 Å². The average Bonchev–Trinajstić information content (AvgIpc) is 2.37. The van der Waals surface area contributed by atoms with E-state index in [-0.39, 0.29) is 11.9 Å². The van der Waals surface area contributed by atoms with Crippen molar-refractivity contribution >= 4 is 17.7 Å². The molecule has 1 aromatic rings. The van der Waals surface area contributed by atoms with Crippen molar-refractivity contribution in [3.8, 4) is 5.75 Å². The van der Waals surface area contributed by atoms with Gasteiger partial charge in [-0.1, -0.05) is 0 Å². The molecule has 0 N–H and O–H groups in total. The van der Waals surface area contributed by atoms with E-state index in [9.17, 15) is 4.79 Å². The van der Waals surface area contributed by atoms with Gasteiger partial charge in [-0.15, -0.1) is 11.8 Å². The molecule has 0 aliphatic heterocycles. The molecule has 0 fully saturated rings. The first-order chi connectivity index (χ1) is 8.54. The molecule has 1 amide bonds. The maximum absolute atomic E-state index is 11.8. The Morgan fingerprint density at radius 3 is 2.44 bits per heavy atom. The molecule has 1 rings (SSSR count). The molecule has 0 saturated carbocycles. The minimum absolute atomic E-state index is 0.156. The maximum atomic E-state index is 11.8. The van der Waals surface area contributed by atoms with Gasteiger partial charge in [-0.3, -0.25) is 4.79 Å². The first kappa shape index (κ1) is 14.9. The first-order valence-electron chi connectivity index (χ1n) is 6.16. The zero-order valence-electron chi connectivity index (χ0n) is 11.5. The minimum Gasteiger partial charge on any atom is -0.494 e. The van der Waals surface area contributed by atoms with E-state index >= 15 is 0 Å². The van der Waals surface area contributed by atoms with Crippen molar-refractivity contribution in [2.45, 2.75) is 31.7 Å². The molecule has 0 aromatic heterocycles. The highest BCUT2D eigenvalue weighted by Crippen LogP contribution is 2.21. The second-order valence-electron chi connectivity index (χ2n) is 4.29. The minimum atomic E-state index is 0.156. The molecule has 3 nitrogen and oxygen atoms in total. The Morgan fingerprint density at radius 2 is 1.94 bits per heavy atom. The summed E-state index contributed by atoms with van der Waals surface area (Å²) >= 11 is 1.55. The van der Waals surface area contributed by atoms with Gasteiger partial charge < -0.3 is 9.64 Å². The van der Waals surface area contributed by atoms with Gasteiger partial charge in [0, 0.05) is 18.0 Å². The number of hydrogen-bond donors (Lipinski definition) is 0. The number of benzene rings is 1. The highest BCUT2D eigenvalue weighted by molar-refractivity contribution is 8.00. The molecule has 0 aliphatic rings. The number of thioether (sulfide) groups is 1. The Morgan fingerprint density at radius 1 is 1.33 bits per heavy atom. The molecule has 100 valence electrons. The third-order valence-electron chi connectivity index (χ3n) is 2.67. The Kier molecular flexibility index (Phi) is 6.05. The molecular formula is C14H21NO2S. The van der Waals surface area contributed by atoms with Crippen LogP contribution in [0.15, 0.2) is 29.2 Å². The van der Waals surface area contributed by atoms with Crippen LogP contribution < -0.4 is 4.74 Å². The van der Waals surface area contributed by atoms with E-state index in [1.807, 2.05) is 52.1 Å². The predicted molar refractivity (Wildman–Crippen MR) is 76.2 cm³/mol. The van der Waals surface area contributed by atoms with E-state index in [1.165, 1.54) is 0 Å². The number of ether oxygens (including phenoxy) is 1. The topological polar surface area (TPSA) is 29.5 Å². The van der Waals surface area contributed by atoms with Gasteiger partial charge in [-0.2, -0.15) is 0 Å². The second kappa shape index (κ2) is 7.31.